The zero-order chi connectivity index (χ0) is 36.6. The number of fused-ring (bicyclic) bond motifs is 10. The van der Waals surface area contributed by atoms with Crippen molar-refractivity contribution in [3.05, 3.63) is 220 Å². The highest BCUT2D eigenvalue weighted by atomic mass is 15.1. The van der Waals surface area contributed by atoms with Gasteiger partial charge in [0.1, 0.15) is 0 Å². The summed E-state index contributed by atoms with van der Waals surface area (Å²) in [7, 11) is 2.20. The highest BCUT2D eigenvalue weighted by Gasteiger charge is 2.52. The van der Waals surface area contributed by atoms with Crippen LogP contribution in [0.3, 0.4) is 0 Å². The molecule has 1 nitrogen and oxygen atoms in total. The zero-order valence-corrected chi connectivity index (χ0v) is 31.4. The number of anilines is 2. The van der Waals surface area contributed by atoms with E-state index in [1.54, 1.807) is 0 Å². The van der Waals surface area contributed by atoms with Crippen molar-refractivity contribution in [2.24, 2.45) is 0 Å². The van der Waals surface area contributed by atoms with E-state index in [2.05, 4.69) is 209 Å². The normalized spacial score (nSPS) is 17.0. The van der Waals surface area contributed by atoms with Crippen molar-refractivity contribution in [2.45, 2.75) is 38.0 Å². The Labute approximate surface area is 319 Å². The molecule has 54 heavy (non-hydrogen) atoms. The molecule has 0 saturated carbocycles. The Hall–Kier alpha value is -6.18. The summed E-state index contributed by atoms with van der Waals surface area (Å²) in [5.74, 6) is 0. The Bertz CT molecular complexity index is 2640. The second-order valence-electron chi connectivity index (χ2n) is 15.2. The molecule has 0 aliphatic heterocycles. The zero-order valence-electron chi connectivity index (χ0n) is 31.4. The maximum atomic E-state index is 2.47. The van der Waals surface area contributed by atoms with Crippen LogP contribution in [0.25, 0.3) is 39.0 Å². The molecular weight excluding hydrogens is 651 g/mol. The molecule has 0 heterocycles. The van der Waals surface area contributed by atoms with Gasteiger partial charge < -0.3 is 4.90 Å². The Morgan fingerprint density at radius 1 is 0.481 bits per heavy atom. The lowest BCUT2D eigenvalue weighted by atomic mass is 9.69. The van der Waals surface area contributed by atoms with E-state index in [1.165, 1.54) is 89.2 Å². The van der Waals surface area contributed by atoms with Crippen molar-refractivity contribution in [3.8, 4) is 33.4 Å². The molecule has 0 radical (unpaired) electrons. The van der Waals surface area contributed by atoms with E-state index in [0.29, 0.717) is 0 Å². The number of allylic oxidation sites excluding steroid dienone is 4. The van der Waals surface area contributed by atoms with E-state index < -0.39 is 0 Å². The third-order valence-corrected chi connectivity index (χ3v) is 12.7. The lowest BCUT2D eigenvalue weighted by Crippen LogP contribution is -2.27. The molecule has 0 N–H and O–H groups in total. The molecule has 1 spiro atoms. The number of hydrogen-bond donors (Lipinski definition) is 0. The fourth-order valence-corrected chi connectivity index (χ4v) is 10.3. The Morgan fingerprint density at radius 2 is 0.926 bits per heavy atom. The molecule has 0 saturated heterocycles. The van der Waals surface area contributed by atoms with Gasteiger partial charge in [-0.15, -0.1) is 0 Å². The Balaban J connectivity index is 1.07. The average molecular weight is 694 g/mol. The van der Waals surface area contributed by atoms with Crippen LogP contribution >= 0.6 is 0 Å². The molecule has 3 aliphatic rings. The number of hydrogen-bond acceptors (Lipinski definition) is 1. The monoisotopic (exact) mass is 693 g/mol. The molecule has 1 heteroatoms. The lowest BCUT2D eigenvalue weighted by Gasteiger charge is -2.32. The molecule has 0 fully saturated rings. The summed E-state index contributed by atoms with van der Waals surface area (Å²) in [5.41, 5.74) is 22.0. The van der Waals surface area contributed by atoms with E-state index in [-0.39, 0.29) is 10.8 Å². The third kappa shape index (κ3) is 4.27. The van der Waals surface area contributed by atoms with Crippen LogP contribution in [0.5, 0.6) is 0 Å². The largest absolute Gasteiger partial charge is 0.345 e. The van der Waals surface area contributed by atoms with E-state index in [4.69, 9.17) is 0 Å². The standard InChI is InChI=1S/C53H43N/c1-5-17-48-38(6-2)40-19-10-15-26-49(40)53(48)50-27-16-11-22-43(50)44-33-32-37(34-51(44)53)54(4)36-30-28-35(29-31-36)39-18-7-12-23-45(39)52(3)46-24-13-8-20-41(46)42-21-9-14-25-47(42)52/h5,7-34H,6H2,1-4H3/b17-5-. The average Bonchev–Trinajstić information content (AvgIpc) is 3.79. The minimum absolute atomic E-state index is 0.256. The lowest BCUT2D eigenvalue weighted by molar-refractivity contribution is 0.716. The second kappa shape index (κ2) is 12.2. The quantitative estimate of drug-likeness (QED) is 0.168. The van der Waals surface area contributed by atoms with E-state index in [9.17, 15) is 0 Å². The summed E-state index contributed by atoms with van der Waals surface area (Å²) in [6.07, 6.45) is 5.59. The summed E-state index contributed by atoms with van der Waals surface area (Å²) >= 11 is 0. The van der Waals surface area contributed by atoms with Gasteiger partial charge in [-0.3, -0.25) is 0 Å². The van der Waals surface area contributed by atoms with Crippen LogP contribution in [0.4, 0.5) is 11.4 Å². The first-order valence-electron chi connectivity index (χ1n) is 19.4. The van der Waals surface area contributed by atoms with Crippen molar-refractivity contribution in [1.29, 1.82) is 0 Å². The molecule has 0 aromatic heterocycles. The SMILES string of the molecule is C/C=C\C1=C(CC)c2ccccc2C12c1ccccc1-c1ccc(N(C)c3ccc(-c4ccccc4C4(C)c5ccccc5-c5ccccc54)cc3)cc12. The number of rotatable bonds is 6. The van der Waals surface area contributed by atoms with Gasteiger partial charge in [-0.05, 0) is 128 Å². The Kier molecular flexibility index (Phi) is 7.33. The topological polar surface area (TPSA) is 3.24 Å². The maximum absolute atomic E-state index is 2.47. The molecule has 10 rings (SSSR count). The van der Waals surface area contributed by atoms with E-state index in [0.717, 1.165) is 12.1 Å². The van der Waals surface area contributed by atoms with Gasteiger partial charge in [0.05, 0.1) is 5.41 Å². The van der Waals surface area contributed by atoms with Crippen molar-refractivity contribution in [3.63, 3.8) is 0 Å². The van der Waals surface area contributed by atoms with Crippen molar-refractivity contribution in [2.75, 3.05) is 11.9 Å². The molecule has 7 aromatic rings. The van der Waals surface area contributed by atoms with E-state index in [1.807, 2.05) is 0 Å². The minimum Gasteiger partial charge on any atom is -0.345 e. The minimum atomic E-state index is -0.349. The van der Waals surface area contributed by atoms with Crippen LogP contribution in [-0.4, -0.2) is 7.05 Å². The molecule has 0 amide bonds. The van der Waals surface area contributed by atoms with Crippen LogP contribution in [-0.2, 0) is 10.8 Å². The molecule has 0 bridgehead atoms. The van der Waals surface area contributed by atoms with Gasteiger partial charge in [0, 0.05) is 23.8 Å². The molecular formula is C53H43N. The third-order valence-electron chi connectivity index (χ3n) is 12.7. The predicted molar refractivity (Wildman–Crippen MR) is 228 cm³/mol. The van der Waals surface area contributed by atoms with Crippen LogP contribution < -0.4 is 4.90 Å². The van der Waals surface area contributed by atoms with Crippen LogP contribution in [0, 0.1) is 0 Å². The molecule has 1 unspecified atom stereocenters. The summed E-state index contributed by atoms with van der Waals surface area (Å²) < 4.78 is 0. The van der Waals surface area contributed by atoms with Crippen LogP contribution in [0.1, 0.15) is 66.1 Å². The fraction of sp³-hybridized carbons (Fsp3) is 0.132. The van der Waals surface area contributed by atoms with Gasteiger partial charge >= 0.3 is 0 Å². The van der Waals surface area contributed by atoms with Gasteiger partial charge in [-0.2, -0.15) is 0 Å². The number of benzene rings is 7. The summed E-state index contributed by atoms with van der Waals surface area (Å²) in [6.45, 7) is 6.85. The van der Waals surface area contributed by atoms with Gasteiger partial charge in [-0.1, -0.05) is 159 Å². The number of nitrogens with zero attached hydrogens (tertiary/aromatic N) is 1. The first-order valence-corrected chi connectivity index (χ1v) is 19.4. The van der Waals surface area contributed by atoms with Gasteiger partial charge in [-0.25, -0.2) is 0 Å². The first kappa shape index (κ1) is 32.5. The fourth-order valence-electron chi connectivity index (χ4n) is 10.3. The summed E-state index contributed by atoms with van der Waals surface area (Å²) in [6, 6.07) is 61.3. The molecule has 3 aliphatic carbocycles. The van der Waals surface area contributed by atoms with Crippen molar-refractivity contribution in [1.82, 2.24) is 0 Å². The van der Waals surface area contributed by atoms with Crippen LogP contribution in [0.2, 0.25) is 0 Å². The highest BCUT2D eigenvalue weighted by molar-refractivity contribution is 5.96. The van der Waals surface area contributed by atoms with Gasteiger partial charge in [0.2, 0.25) is 0 Å². The van der Waals surface area contributed by atoms with Gasteiger partial charge in [0.15, 0.2) is 0 Å². The molecule has 1 atom stereocenters. The predicted octanol–water partition coefficient (Wildman–Crippen LogP) is 13.5. The molecule has 260 valence electrons. The summed E-state index contributed by atoms with van der Waals surface area (Å²) in [4.78, 5) is 2.35. The Morgan fingerprint density at radius 3 is 1.50 bits per heavy atom. The van der Waals surface area contributed by atoms with Crippen LogP contribution in [0.15, 0.2) is 182 Å². The van der Waals surface area contributed by atoms with E-state index >= 15 is 0 Å². The highest BCUT2D eigenvalue weighted by Crippen LogP contribution is 2.63. The van der Waals surface area contributed by atoms with Crippen molar-refractivity contribution >= 4 is 16.9 Å². The smallest absolute Gasteiger partial charge is 0.0722 e. The van der Waals surface area contributed by atoms with Crippen molar-refractivity contribution < 1.29 is 0 Å². The second-order valence-corrected chi connectivity index (χ2v) is 15.2. The molecule has 7 aromatic carbocycles. The maximum Gasteiger partial charge on any atom is 0.0722 e. The first-order chi connectivity index (χ1) is 26.5. The van der Waals surface area contributed by atoms with Gasteiger partial charge in [0.25, 0.3) is 0 Å². The summed E-state index contributed by atoms with van der Waals surface area (Å²) in [5, 5.41) is 0.